The fourth-order valence-electron chi connectivity index (χ4n) is 3.88. The Hall–Kier alpha value is -0.880. The fraction of sp³-hybridized carbons (Fsp3) is 0.722. The Morgan fingerprint density at radius 2 is 1.71 bits per heavy atom. The molecule has 0 spiro atoms. The highest BCUT2D eigenvalue weighted by Gasteiger charge is 2.38. The van der Waals surface area contributed by atoms with E-state index in [0.717, 1.165) is 16.0 Å². The Bertz CT molecular complexity index is 625. The van der Waals surface area contributed by atoms with Crippen LogP contribution >= 0.6 is 23.1 Å². The lowest BCUT2D eigenvalue weighted by Crippen LogP contribution is -2.51. The summed E-state index contributed by atoms with van der Waals surface area (Å²) in [4.78, 5) is 16.9. The normalized spacial score (nSPS) is 27.0. The Morgan fingerprint density at radius 1 is 1.00 bits per heavy atom. The molecule has 0 atom stereocenters. The molecule has 0 amide bonds. The number of hydrogen-bond acceptors (Lipinski definition) is 5. The molecule has 2 aliphatic carbocycles. The maximum atomic E-state index is 5.10. The van der Waals surface area contributed by atoms with Crippen molar-refractivity contribution in [3.05, 3.63) is 11.1 Å². The van der Waals surface area contributed by atoms with Gasteiger partial charge in [-0.25, -0.2) is 4.98 Å². The molecule has 1 aromatic rings. The summed E-state index contributed by atoms with van der Waals surface area (Å²) in [6.07, 6.45) is 13.2. The van der Waals surface area contributed by atoms with Gasteiger partial charge >= 0.3 is 0 Å². The van der Waals surface area contributed by atoms with Crippen molar-refractivity contribution in [2.24, 2.45) is 9.98 Å². The average Bonchev–Trinajstić information content (AvgIpc) is 3.01. The Balaban J connectivity index is 1.54. The van der Waals surface area contributed by atoms with Gasteiger partial charge in [0.15, 0.2) is 10.3 Å². The number of thioether (sulfide) groups is 1. The van der Waals surface area contributed by atoms with Gasteiger partial charge < -0.3 is 0 Å². The van der Waals surface area contributed by atoms with Crippen molar-refractivity contribution < 1.29 is 0 Å². The monoisotopic (exact) mass is 362 g/mol. The number of thiazole rings is 1. The molecule has 0 bridgehead atoms. The molecule has 1 aliphatic heterocycles. The van der Waals surface area contributed by atoms with Crippen LogP contribution in [0.4, 0.5) is 5.13 Å². The number of aryl methyl sites for hydroxylation is 1. The van der Waals surface area contributed by atoms with Crippen molar-refractivity contribution in [3.63, 3.8) is 0 Å². The van der Waals surface area contributed by atoms with Crippen LogP contribution in [-0.4, -0.2) is 32.3 Å². The van der Waals surface area contributed by atoms with Crippen molar-refractivity contribution in [2.45, 2.75) is 83.2 Å². The van der Waals surface area contributed by atoms with Gasteiger partial charge in [0.25, 0.3) is 0 Å². The van der Waals surface area contributed by atoms with Crippen LogP contribution in [0, 0.1) is 6.92 Å². The van der Waals surface area contributed by atoms with Crippen LogP contribution in [0.1, 0.15) is 69.9 Å². The van der Waals surface area contributed by atoms with Gasteiger partial charge in [-0.2, -0.15) is 4.99 Å². The second kappa shape index (κ2) is 7.56. The second-order valence-electron chi connectivity index (χ2n) is 7.13. The number of amidine groups is 2. The lowest BCUT2D eigenvalue weighted by atomic mass is 9.94. The van der Waals surface area contributed by atoms with Crippen molar-refractivity contribution in [2.75, 3.05) is 0 Å². The summed E-state index contributed by atoms with van der Waals surface area (Å²) in [7, 11) is 0. The van der Waals surface area contributed by atoms with E-state index in [-0.39, 0.29) is 0 Å². The van der Waals surface area contributed by atoms with Gasteiger partial charge in [0.1, 0.15) is 0 Å². The van der Waals surface area contributed by atoms with Crippen molar-refractivity contribution in [3.8, 4) is 0 Å². The number of hydrogen-bond donors (Lipinski definition) is 0. The van der Waals surface area contributed by atoms with Gasteiger partial charge in [-0.3, -0.25) is 9.89 Å². The van der Waals surface area contributed by atoms with Gasteiger partial charge in [0.05, 0.1) is 11.7 Å². The number of rotatable bonds is 3. The molecule has 6 heteroatoms. The van der Waals surface area contributed by atoms with Crippen LogP contribution in [0.2, 0.25) is 0 Å². The van der Waals surface area contributed by atoms with Gasteiger partial charge in [0.2, 0.25) is 5.13 Å². The standard InChI is InChI=1S/C18H26N4S2/c1-13-12-23-16(19-13)21-18-22(15-10-6-3-7-11-15)17(24-18)20-14-8-4-2-5-9-14/h12,14-15H,2-11H2,1H3/b20-17?,21-18+. The van der Waals surface area contributed by atoms with E-state index in [0.29, 0.717) is 12.1 Å². The zero-order valence-electron chi connectivity index (χ0n) is 14.4. The van der Waals surface area contributed by atoms with Gasteiger partial charge in [-0.1, -0.05) is 38.5 Å². The molecule has 24 heavy (non-hydrogen) atoms. The SMILES string of the molecule is Cc1csc(/N=C2/SC(=NC3CCCCC3)N2C2CCCCC2)n1. The van der Waals surface area contributed by atoms with Crippen LogP contribution in [0.15, 0.2) is 15.4 Å². The van der Waals surface area contributed by atoms with E-state index >= 15 is 0 Å². The Kier molecular flexibility index (Phi) is 5.22. The van der Waals surface area contributed by atoms with E-state index in [2.05, 4.69) is 15.3 Å². The Morgan fingerprint density at radius 3 is 2.38 bits per heavy atom. The lowest BCUT2D eigenvalue weighted by Gasteiger charge is -2.43. The molecule has 3 fully saturated rings. The van der Waals surface area contributed by atoms with E-state index in [1.165, 1.54) is 69.4 Å². The molecule has 1 saturated heterocycles. The van der Waals surface area contributed by atoms with E-state index in [9.17, 15) is 0 Å². The maximum Gasteiger partial charge on any atom is 0.211 e. The summed E-state index contributed by atoms with van der Waals surface area (Å²) < 4.78 is 0. The van der Waals surface area contributed by atoms with Crippen LogP contribution in [0.3, 0.4) is 0 Å². The van der Waals surface area contributed by atoms with Crippen LogP contribution in [0.25, 0.3) is 0 Å². The molecule has 0 radical (unpaired) electrons. The highest BCUT2D eigenvalue weighted by atomic mass is 32.2. The van der Waals surface area contributed by atoms with Crippen LogP contribution < -0.4 is 0 Å². The predicted octanol–water partition coefficient (Wildman–Crippen LogP) is 5.51. The summed E-state index contributed by atoms with van der Waals surface area (Å²) in [6, 6.07) is 1.14. The first-order chi connectivity index (χ1) is 11.8. The lowest BCUT2D eigenvalue weighted by molar-refractivity contribution is 0.321. The highest BCUT2D eigenvalue weighted by molar-refractivity contribution is 8.29. The van der Waals surface area contributed by atoms with Crippen LogP contribution in [-0.2, 0) is 0 Å². The molecular formula is C18H26N4S2. The molecule has 0 aromatic carbocycles. The number of nitrogens with zero attached hydrogens (tertiary/aromatic N) is 4. The van der Waals surface area contributed by atoms with E-state index in [1.807, 2.05) is 6.92 Å². The molecule has 4 nitrogen and oxygen atoms in total. The summed E-state index contributed by atoms with van der Waals surface area (Å²) in [5.41, 5.74) is 1.06. The van der Waals surface area contributed by atoms with Crippen molar-refractivity contribution in [1.82, 2.24) is 9.88 Å². The maximum absolute atomic E-state index is 5.10. The summed E-state index contributed by atoms with van der Waals surface area (Å²) >= 11 is 3.40. The molecule has 4 rings (SSSR count). The van der Waals surface area contributed by atoms with Gasteiger partial charge in [-0.15, -0.1) is 11.3 Å². The first-order valence-electron chi connectivity index (χ1n) is 9.35. The highest BCUT2D eigenvalue weighted by Crippen LogP contribution is 2.38. The third-order valence-corrected chi connectivity index (χ3v) is 7.01. The summed E-state index contributed by atoms with van der Waals surface area (Å²) in [5.74, 6) is 0. The van der Waals surface area contributed by atoms with Gasteiger partial charge in [-0.05, 0) is 44.4 Å². The predicted molar refractivity (Wildman–Crippen MR) is 105 cm³/mol. The third-order valence-electron chi connectivity index (χ3n) is 5.20. The summed E-state index contributed by atoms with van der Waals surface area (Å²) in [6.45, 7) is 2.03. The van der Waals surface area contributed by atoms with Crippen LogP contribution in [0.5, 0.6) is 0 Å². The second-order valence-corrected chi connectivity index (χ2v) is 8.90. The van der Waals surface area contributed by atoms with Gasteiger partial charge in [0, 0.05) is 11.4 Å². The fourth-order valence-corrected chi connectivity index (χ4v) is 5.64. The van der Waals surface area contributed by atoms with E-state index in [1.54, 1.807) is 23.1 Å². The zero-order valence-corrected chi connectivity index (χ0v) is 16.0. The number of aromatic nitrogens is 1. The first kappa shape index (κ1) is 16.6. The quantitative estimate of drug-likeness (QED) is 0.712. The van der Waals surface area contributed by atoms with E-state index < -0.39 is 0 Å². The molecular weight excluding hydrogens is 336 g/mol. The van der Waals surface area contributed by atoms with Crippen molar-refractivity contribution >= 4 is 38.6 Å². The van der Waals surface area contributed by atoms with E-state index in [4.69, 9.17) is 9.98 Å². The molecule has 0 N–H and O–H groups in total. The molecule has 2 heterocycles. The first-order valence-corrected chi connectivity index (χ1v) is 11.0. The minimum absolute atomic E-state index is 0.538. The molecule has 1 aromatic heterocycles. The Labute approximate surface area is 152 Å². The molecule has 0 unspecified atom stereocenters. The minimum atomic E-state index is 0.538. The zero-order chi connectivity index (χ0) is 16.4. The van der Waals surface area contributed by atoms with Crippen molar-refractivity contribution in [1.29, 1.82) is 0 Å². The molecule has 3 aliphatic rings. The molecule has 130 valence electrons. The largest absolute Gasteiger partial charge is 0.296 e. The average molecular weight is 363 g/mol. The summed E-state index contributed by atoms with van der Waals surface area (Å²) in [5, 5.41) is 5.30. The third kappa shape index (κ3) is 3.69. The molecule has 2 saturated carbocycles. The number of aliphatic imine (C=N–C) groups is 2. The smallest absolute Gasteiger partial charge is 0.211 e. The minimum Gasteiger partial charge on any atom is -0.296 e. The topological polar surface area (TPSA) is 40.9 Å².